The molecular weight excluding hydrogens is 174 g/mol. The van der Waals surface area contributed by atoms with Crippen molar-refractivity contribution in [2.75, 3.05) is 13.1 Å². The van der Waals surface area contributed by atoms with Crippen molar-refractivity contribution in [3.63, 3.8) is 0 Å². The molecule has 0 saturated carbocycles. The van der Waals surface area contributed by atoms with Gasteiger partial charge in [0.05, 0.1) is 6.07 Å². The van der Waals surface area contributed by atoms with Gasteiger partial charge in [-0.1, -0.05) is 6.07 Å². The van der Waals surface area contributed by atoms with Crippen LogP contribution in [-0.2, 0) is 0 Å². The van der Waals surface area contributed by atoms with Crippen molar-refractivity contribution in [1.82, 2.24) is 9.88 Å². The van der Waals surface area contributed by atoms with Gasteiger partial charge in [-0.15, -0.1) is 0 Å². The van der Waals surface area contributed by atoms with E-state index in [1.165, 1.54) is 12.8 Å². The zero-order chi connectivity index (χ0) is 9.80. The number of rotatable bonds is 2. The van der Waals surface area contributed by atoms with Crippen molar-refractivity contribution in [2.45, 2.75) is 18.9 Å². The number of likely N-dealkylation sites (tertiary alicyclic amines) is 1. The van der Waals surface area contributed by atoms with Crippen molar-refractivity contribution in [1.29, 1.82) is 5.26 Å². The van der Waals surface area contributed by atoms with Crippen molar-refractivity contribution in [3.05, 3.63) is 30.1 Å². The maximum Gasteiger partial charge on any atom is 0.125 e. The predicted octanol–water partition coefficient (Wildman–Crippen LogP) is 1.74. The van der Waals surface area contributed by atoms with Gasteiger partial charge in [-0.25, -0.2) is 0 Å². The predicted molar refractivity (Wildman–Crippen MR) is 53.4 cm³/mol. The van der Waals surface area contributed by atoms with Crippen molar-refractivity contribution in [2.24, 2.45) is 0 Å². The maximum atomic E-state index is 9.12. The molecule has 1 fully saturated rings. The summed E-state index contributed by atoms with van der Waals surface area (Å²) in [5, 5.41) is 9.12. The summed E-state index contributed by atoms with van der Waals surface area (Å²) in [4.78, 5) is 6.27. The number of hydrogen-bond donors (Lipinski definition) is 0. The smallest absolute Gasteiger partial charge is 0.125 e. The summed E-state index contributed by atoms with van der Waals surface area (Å²) < 4.78 is 0. The van der Waals surface area contributed by atoms with Gasteiger partial charge in [0.2, 0.25) is 0 Å². The monoisotopic (exact) mass is 187 g/mol. The van der Waals surface area contributed by atoms with E-state index in [1.54, 1.807) is 12.4 Å². The molecule has 1 aromatic rings. The number of hydrogen-bond acceptors (Lipinski definition) is 3. The van der Waals surface area contributed by atoms with Gasteiger partial charge in [0.15, 0.2) is 0 Å². The quantitative estimate of drug-likeness (QED) is 0.708. The zero-order valence-electron chi connectivity index (χ0n) is 8.06. The number of aromatic nitrogens is 1. The van der Waals surface area contributed by atoms with Gasteiger partial charge in [0.25, 0.3) is 0 Å². The Balaban J connectivity index is 2.18. The van der Waals surface area contributed by atoms with E-state index in [-0.39, 0.29) is 6.04 Å². The molecule has 0 bridgehead atoms. The van der Waals surface area contributed by atoms with E-state index in [0.717, 1.165) is 18.7 Å². The van der Waals surface area contributed by atoms with Crippen molar-refractivity contribution in [3.8, 4) is 6.07 Å². The second-order valence-electron chi connectivity index (χ2n) is 3.56. The molecule has 3 nitrogen and oxygen atoms in total. The van der Waals surface area contributed by atoms with Gasteiger partial charge in [0.1, 0.15) is 6.04 Å². The standard InChI is InChI=1S/C11H13N3/c12-8-11(14-6-1-2-7-14)10-4-3-5-13-9-10/h3-5,9,11H,1-2,6-7H2/t11-/m0/s1. The number of pyridine rings is 1. The highest BCUT2D eigenvalue weighted by Crippen LogP contribution is 2.23. The highest BCUT2D eigenvalue weighted by atomic mass is 15.2. The fraction of sp³-hybridized carbons (Fsp3) is 0.455. The fourth-order valence-electron chi connectivity index (χ4n) is 1.90. The van der Waals surface area contributed by atoms with Crippen LogP contribution in [0.3, 0.4) is 0 Å². The van der Waals surface area contributed by atoms with Gasteiger partial charge in [-0.2, -0.15) is 5.26 Å². The lowest BCUT2D eigenvalue weighted by molar-refractivity contribution is 0.294. The first kappa shape index (κ1) is 9.17. The van der Waals surface area contributed by atoms with Gasteiger partial charge < -0.3 is 0 Å². The van der Waals surface area contributed by atoms with Crippen LogP contribution in [-0.4, -0.2) is 23.0 Å². The van der Waals surface area contributed by atoms with Crippen LogP contribution in [0.25, 0.3) is 0 Å². The summed E-state index contributed by atoms with van der Waals surface area (Å²) >= 11 is 0. The molecule has 0 aromatic carbocycles. The lowest BCUT2D eigenvalue weighted by Crippen LogP contribution is -2.24. The summed E-state index contributed by atoms with van der Waals surface area (Å²) in [5.41, 5.74) is 1.01. The Morgan fingerprint density at radius 2 is 2.21 bits per heavy atom. The summed E-state index contributed by atoms with van der Waals surface area (Å²) in [6.07, 6.45) is 5.94. The lowest BCUT2D eigenvalue weighted by atomic mass is 10.1. The molecule has 0 aliphatic carbocycles. The van der Waals surface area contributed by atoms with Crippen LogP contribution in [0.2, 0.25) is 0 Å². The summed E-state index contributed by atoms with van der Waals surface area (Å²) in [7, 11) is 0. The second kappa shape index (κ2) is 4.21. The van der Waals surface area contributed by atoms with Crippen LogP contribution in [0, 0.1) is 11.3 Å². The average molecular weight is 187 g/mol. The first-order valence-corrected chi connectivity index (χ1v) is 4.95. The van der Waals surface area contributed by atoms with Crippen molar-refractivity contribution >= 4 is 0 Å². The largest absolute Gasteiger partial charge is 0.284 e. The third-order valence-corrected chi connectivity index (χ3v) is 2.63. The van der Waals surface area contributed by atoms with E-state index >= 15 is 0 Å². The maximum absolute atomic E-state index is 9.12. The first-order chi connectivity index (χ1) is 6.92. The van der Waals surface area contributed by atoms with Crippen LogP contribution in [0.1, 0.15) is 24.4 Å². The van der Waals surface area contributed by atoms with Crippen LogP contribution in [0.4, 0.5) is 0 Å². The van der Waals surface area contributed by atoms with Crippen LogP contribution in [0.5, 0.6) is 0 Å². The van der Waals surface area contributed by atoms with Gasteiger partial charge >= 0.3 is 0 Å². The normalized spacial score (nSPS) is 19.1. The molecule has 1 aliphatic rings. The Kier molecular flexibility index (Phi) is 2.76. The third kappa shape index (κ3) is 1.75. The van der Waals surface area contributed by atoms with Gasteiger partial charge in [0, 0.05) is 18.0 Å². The molecule has 0 unspecified atom stereocenters. The zero-order valence-corrected chi connectivity index (χ0v) is 8.06. The second-order valence-corrected chi connectivity index (χ2v) is 3.56. The molecule has 2 rings (SSSR count). The molecule has 1 aromatic heterocycles. The van der Waals surface area contributed by atoms with Gasteiger partial charge in [-0.05, 0) is 32.0 Å². The fourth-order valence-corrected chi connectivity index (χ4v) is 1.90. The summed E-state index contributed by atoms with van der Waals surface area (Å²) in [6.45, 7) is 2.07. The topological polar surface area (TPSA) is 39.9 Å². The van der Waals surface area contributed by atoms with Crippen LogP contribution < -0.4 is 0 Å². The molecule has 14 heavy (non-hydrogen) atoms. The number of nitriles is 1. The van der Waals surface area contributed by atoms with Crippen molar-refractivity contribution < 1.29 is 0 Å². The van der Waals surface area contributed by atoms with E-state index < -0.39 is 0 Å². The van der Waals surface area contributed by atoms with E-state index in [2.05, 4.69) is 16.0 Å². The molecule has 1 aliphatic heterocycles. The average Bonchev–Trinajstić information content (AvgIpc) is 2.74. The molecule has 3 heteroatoms. The Labute approximate surface area is 84.0 Å². The van der Waals surface area contributed by atoms with E-state index in [4.69, 9.17) is 5.26 Å². The van der Waals surface area contributed by atoms with Crippen LogP contribution in [0.15, 0.2) is 24.5 Å². The van der Waals surface area contributed by atoms with E-state index in [9.17, 15) is 0 Å². The van der Waals surface area contributed by atoms with Gasteiger partial charge in [-0.3, -0.25) is 9.88 Å². The Hall–Kier alpha value is -1.40. The Morgan fingerprint density at radius 3 is 2.79 bits per heavy atom. The molecule has 72 valence electrons. The lowest BCUT2D eigenvalue weighted by Gasteiger charge is -2.20. The molecule has 1 saturated heterocycles. The summed E-state index contributed by atoms with van der Waals surface area (Å²) in [5.74, 6) is 0. The third-order valence-electron chi connectivity index (χ3n) is 2.63. The molecule has 2 heterocycles. The Bertz CT molecular complexity index is 322. The minimum atomic E-state index is -0.105. The Morgan fingerprint density at radius 1 is 1.43 bits per heavy atom. The highest BCUT2D eigenvalue weighted by molar-refractivity contribution is 5.20. The molecule has 0 N–H and O–H groups in total. The summed E-state index contributed by atoms with van der Waals surface area (Å²) in [6, 6.07) is 6.10. The minimum absolute atomic E-state index is 0.105. The number of nitrogens with zero attached hydrogens (tertiary/aromatic N) is 3. The van der Waals surface area contributed by atoms with E-state index in [1.807, 2.05) is 12.1 Å². The minimum Gasteiger partial charge on any atom is -0.284 e. The molecule has 0 spiro atoms. The highest BCUT2D eigenvalue weighted by Gasteiger charge is 2.22. The van der Waals surface area contributed by atoms with E-state index in [0.29, 0.717) is 0 Å². The van der Waals surface area contributed by atoms with Crippen LogP contribution >= 0.6 is 0 Å². The molecule has 0 amide bonds. The molecular formula is C11H13N3. The molecule has 0 radical (unpaired) electrons. The first-order valence-electron chi connectivity index (χ1n) is 4.95. The molecule has 1 atom stereocenters. The SMILES string of the molecule is N#C[C@@H](c1cccnc1)N1CCCC1.